The predicted molar refractivity (Wildman–Crippen MR) is 134 cm³/mol. The monoisotopic (exact) mass is 508 g/mol. The minimum absolute atomic E-state index is 0.0872. The molecule has 2 aromatic carbocycles. The first-order chi connectivity index (χ1) is 17.1. The minimum Gasteiger partial charge on any atom is -0.368 e. The molecular weight excluding hydrogens is 484 g/mol. The van der Waals surface area contributed by atoms with E-state index in [-0.39, 0.29) is 33.9 Å². The molecule has 0 unspecified atom stereocenters. The van der Waals surface area contributed by atoms with Crippen molar-refractivity contribution in [3.63, 3.8) is 0 Å². The fraction of sp³-hybridized carbons (Fsp3) is 0.167. The first kappa shape index (κ1) is 25.0. The number of aryl methyl sites for hydroxylation is 1. The van der Waals surface area contributed by atoms with Crippen molar-refractivity contribution in [2.75, 3.05) is 11.9 Å². The van der Waals surface area contributed by atoms with Crippen molar-refractivity contribution in [1.82, 2.24) is 19.0 Å². The molecular formula is C24H24N6O5S. The van der Waals surface area contributed by atoms with E-state index in [9.17, 15) is 23.2 Å². The van der Waals surface area contributed by atoms with Crippen molar-refractivity contribution in [3.05, 3.63) is 76.7 Å². The third-order valence-electron chi connectivity index (χ3n) is 5.54. The summed E-state index contributed by atoms with van der Waals surface area (Å²) in [6.45, 7) is 3.00. The number of rotatable bonds is 8. The normalized spacial score (nSPS) is 11.7. The number of nitrogens with two attached hydrogens (primary N) is 1. The summed E-state index contributed by atoms with van der Waals surface area (Å²) >= 11 is 0. The summed E-state index contributed by atoms with van der Waals surface area (Å²) in [4.78, 5) is 33.6. The van der Waals surface area contributed by atoms with Crippen LogP contribution in [0.25, 0.3) is 22.2 Å². The fourth-order valence-electron chi connectivity index (χ4n) is 3.72. The number of fused-ring (bicyclic) bond motifs is 1. The van der Waals surface area contributed by atoms with E-state index >= 15 is 0 Å². The van der Waals surface area contributed by atoms with Crippen LogP contribution in [0.1, 0.15) is 12.5 Å². The van der Waals surface area contributed by atoms with Crippen LogP contribution in [0.5, 0.6) is 0 Å². The Morgan fingerprint density at radius 1 is 1.17 bits per heavy atom. The second-order valence-electron chi connectivity index (χ2n) is 7.99. The summed E-state index contributed by atoms with van der Waals surface area (Å²) in [7, 11) is -4.01. The molecule has 0 bridgehead atoms. The highest BCUT2D eigenvalue weighted by Crippen LogP contribution is 2.26. The standard InChI is InChI=1S/C24H24N6O5S/c1-3-30(33)36(34,35)18-10-8-17(9-11-18)27-24-26-13-16-12-20(19-7-5-4-6-15(19)2)29(14-21(25)31)23(32)22(16)28-24/h4-13,33H,3,14H2,1-2H3,(H2,25,31)(H,26,27,28). The summed E-state index contributed by atoms with van der Waals surface area (Å²) in [5.74, 6) is -0.569. The van der Waals surface area contributed by atoms with Gasteiger partial charge in [-0.15, -0.1) is 0 Å². The van der Waals surface area contributed by atoms with Gasteiger partial charge in [0.05, 0.1) is 10.6 Å². The topological polar surface area (TPSA) is 161 Å². The maximum Gasteiger partial charge on any atom is 0.278 e. The number of amides is 1. The molecule has 0 saturated heterocycles. The van der Waals surface area contributed by atoms with Gasteiger partial charge < -0.3 is 11.1 Å². The molecule has 0 aliphatic carbocycles. The zero-order valence-corrected chi connectivity index (χ0v) is 20.4. The molecule has 0 aliphatic heterocycles. The van der Waals surface area contributed by atoms with Gasteiger partial charge in [-0.05, 0) is 49.7 Å². The van der Waals surface area contributed by atoms with Gasteiger partial charge in [0.25, 0.3) is 15.6 Å². The molecule has 1 amide bonds. The average molecular weight is 509 g/mol. The highest BCUT2D eigenvalue weighted by molar-refractivity contribution is 7.89. The predicted octanol–water partition coefficient (Wildman–Crippen LogP) is 2.40. The number of aromatic nitrogens is 3. The molecule has 0 radical (unpaired) electrons. The van der Waals surface area contributed by atoms with Crippen molar-refractivity contribution in [3.8, 4) is 11.3 Å². The van der Waals surface area contributed by atoms with Crippen LogP contribution in [-0.4, -0.2) is 45.1 Å². The van der Waals surface area contributed by atoms with Crippen LogP contribution in [0.4, 0.5) is 11.6 Å². The van der Waals surface area contributed by atoms with Crippen LogP contribution in [0.15, 0.2) is 70.5 Å². The lowest BCUT2D eigenvalue weighted by Crippen LogP contribution is -2.30. The minimum atomic E-state index is -4.01. The SMILES string of the molecule is CCN(O)S(=O)(=O)c1ccc(Nc2ncc3cc(-c4ccccc4C)n(CC(N)=O)c(=O)c3n2)cc1. The maximum atomic E-state index is 13.4. The van der Waals surface area contributed by atoms with Crippen LogP contribution in [0, 0.1) is 6.92 Å². The molecule has 0 atom stereocenters. The molecule has 0 saturated carbocycles. The number of hydrogen-bond acceptors (Lipinski definition) is 8. The maximum absolute atomic E-state index is 13.4. The van der Waals surface area contributed by atoms with Crippen LogP contribution >= 0.6 is 0 Å². The number of carbonyl (C=O) groups excluding carboxylic acids is 1. The number of primary amides is 1. The number of hydrogen-bond donors (Lipinski definition) is 3. The second-order valence-corrected chi connectivity index (χ2v) is 9.84. The zero-order valence-electron chi connectivity index (χ0n) is 19.5. The van der Waals surface area contributed by atoms with Gasteiger partial charge in [0, 0.05) is 29.4 Å². The van der Waals surface area contributed by atoms with Gasteiger partial charge in [-0.2, -0.15) is 0 Å². The zero-order chi connectivity index (χ0) is 26.0. The first-order valence-electron chi connectivity index (χ1n) is 11.0. The second kappa shape index (κ2) is 9.85. The number of nitrogens with one attached hydrogen (secondary N) is 1. The van der Waals surface area contributed by atoms with Gasteiger partial charge in [-0.25, -0.2) is 18.4 Å². The number of anilines is 2. The lowest BCUT2D eigenvalue weighted by molar-refractivity contribution is -0.118. The van der Waals surface area contributed by atoms with E-state index in [1.807, 2.05) is 31.2 Å². The summed E-state index contributed by atoms with van der Waals surface area (Å²) in [5, 5.41) is 13.0. The third kappa shape index (κ3) is 4.82. The molecule has 11 nitrogen and oxygen atoms in total. The van der Waals surface area contributed by atoms with Gasteiger partial charge in [0.15, 0.2) is 0 Å². The smallest absolute Gasteiger partial charge is 0.278 e. The van der Waals surface area contributed by atoms with Crippen LogP contribution < -0.4 is 16.6 Å². The molecule has 4 aromatic rings. The molecule has 0 spiro atoms. The summed E-state index contributed by atoms with van der Waals surface area (Å²) in [6.07, 6.45) is 1.49. The van der Waals surface area contributed by atoms with Crippen molar-refractivity contribution in [2.45, 2.75) is 25.3 Å². The van der Waals surface area contributed by atoms with Crippen LogP contribution in [0.2, 0.25) is 0 Å². The molecule has 0 aliphatic rings. The van der Waals surface area contributed by atoms with E-state index in [0.717, 1.165) is 11.1 Å². The largest absolute Gasteiger partial charge is 0.368 e. The highest BCUT2D eigenvalue weighted by Gasteiger charge is 2.21. The Morgan fingerprint density at radius 2 is 1.86 bits per heavy atom. The van der Waals surface area contributed by atoms with E-state index in [2.05, 4.69) is 15.3 Å². The Labute approximate surface area is 206 Å². The van der Waals surface area contributed by atoms with Gasteiger partial charge in [-0.1, -0.05) is 28.7 Å². The Balaban J connectivity index is 1.73. The average Bonchev–Trinajstić information content (AvgIpc) is 2.86. The molecule has 36 heavy (non-hydrogen) atoms. The Bertz CT molecular complexity index is 1620. The van der Waals surface area contributed by atoms with E-state index in [4.69, 9.17) is 5.73 Å². The molecule has 4 N–H and O–H groups in total. The fourth-order valence-corrected chi connectivity index (χ4v) is 4.78. The van der Waals surface area contributed by atoms with Crippen molar-refractivity contribution in [2.24, 2.45) is 5.73 Å². The third-order valence-corrected chi connectivity index (χ3v) is 7.22. The van der Waals surface area contributed by atoms with Gasteiger partial charge >= 0.3 is 0 Å². The Morgan fingerprint density at radius 3 is 2.50 bits per heavy atom. The molecule has 2 heterocycles. The van der Waals surface area contributed by atoms with Crippen LogP contribution in [0.3, 0.4) is 0 Å². The summed E-state index contributed by atoms with van der Waals surface area (Å²) in [6, 6.07) is 14.8. The van der Waals surface area contributed by atoms with E-state index < -0.39 is 21.5 Å². The Hall–Kier alpha value is -4.13. The van der Waals surface area contributed by atoms with Crippen molar-refractivity contribution >= 4 is 38.5 Å². The summed E-state index contributed by atoms with van der Waals surface area (Å²) in [5.41, 5.74) is 7.69. The van der Waals surface area contributed by atoms with Crippen molar-refractivity contribution in [1.29, 1.82) is 0 Å². The van der Waals surface area contributed by atoms with Gasteiger partial charge in [0.1, 0.15) is 12.1 Å². The Kier molecular flexibility index (Phi) is 6.84. The number of carbonyl (C=O) groups is 1. The number of nitrogens with zero attached hydrogens (tertiary/aromatic N) is 4. The van der Waals surface area contributed by atoms with E-state index in [1.165, 1.54) is 42.0 Å². The number of pyridine rings is 1. The van der Waals surface area contributed by atoms with Gasteiger partial charge in [-0.3, -0.25) is 19.4 Å². The lowest BCUT2D eigenvalue weighted by Gasteiger charge is -2.15. The molecule has 0 fully saturated rings. The van der Waals surface area contributed by atoms with E-state index in [0.29, 0.717) is 16.8 Å². The van der Waals surface area contributed by atoms with Crippen molar-refractivity contribution < 1.29 is 18.4 Å². The number of benzene rings is 2. The molecule has 186 valence electrons. The molecule has 4 rings (SSSR count). The number of hydroxylamine groups is 1. The van der Waals surface area contributed by atoms with E-state index in [1.54, 1.807) is 6.07 Å². The quantitative estimate of drug-likeness (QED) is 0.306. The lowest BCUT2D eigenvalue weighted by atomic mass is 10.0. The first-order valence-corrected chi connectivity index (χ1v) is 12.4. The van der Waals surface area contributed by atoms with Gasteiger partial charge in [0.2, 0.25) is 11.9 Å². The number of sulfonamides is 1. The molecule has 12 heteroatoms. The highest BCUT2D eigenvalue weighted by atomic mass is 32.2. The summed E-state index contributed by atoms with van der Waals surface area (Å²) < 4.78 is 26.0. The van der Waals surface area contributed by atoms with Crippen LogP contribution in [-0.2, 0) is 21.4 Å². The molecule has 2 aromatic heterocycles.